The summed E-state index contributed by atoms with van der Waals surface area (Å²) >= 11 is 6.66. The van der Waals surface area contributed by atoms with Crippen LogP contribution in [0.4, 0.5) is 21.5 Å². The van der Waals surface area contributed by atoms with E-state index >= 15 is 4.39 Å². The zero-order valence-corrected chi connectivity index (χ0v) is 26.0. The topological polar surface area (TPSA) is 78.9 Å². The molecule has 6 rings (SSSR count). The summed E-state index contributed by atoms with van der Waals surface area (Å²) in [7, 11) is -2.57. The van der Waals surface area contributed by atoms with Gasteiger partial charge in [-0.3, -0.25) is 14.4 Å². The van der Waals surface area contributed by atoms with E-state index in [1.54, 1.807) is 48.5 Å². The molecule has 1 heterocycles. The Bertz CT molecular complexity index is 1950. The fourth-order valence-corrected chi connectivity index (χ4v) is 6.79. The second-order valence-electron chi connectivity index (χ2n) is 10.6. The number of aryl methyl sites for hydroxylation is 1. The summed E-state index contributed by atoms with van der Waals surface area (Å²) in [6.45, 7) is 2.20. The molecule has 0 radical (unpaired) electrons. The largest absolute Gasteiger partial charge is 0.497 e. The molecule has 1 amide bonds. The number of methoxy groups -OCH3 is 1. The number of carbonyl (C=O) groups is 1. The molecule has 1 aliphatic rings. The molecule has 5 aromatic carbocycles. The van der Waals surface area contributed by atoms with Gasteiger partial charge in [-0.1, -0.05) is 65.7 Å². The van der Waals surface area contributed by atoms with Crippen molar-refractivity contribution < 1.29 is 22.3 Å². The number of hydrogen-bond donors (Lipinski definition) is 1. The van der Waals surface area contributed by atoms with Gasteiger partial charge in [0.1, 0.15) is 17.7 Å². The lowest BCUT2D eigenvalue weighted by atomic mass is 9.98. The van der Waals surface area contributed by atoms with E-state index in [4.69, 9.17) is 16.3 Å². The molecule has 0 bridgehead atoms. The van der Waals surface area contributed by atoms with Gasteiger partial charge in [0.05, 0.1) is 28.3 Å². The van der Waals surface area contributed by atoms with Crippen molar-refractivity contribution >= 4 is 44.6 Å². The van der Waals surface area contributed by atoms with Gasteiger partial charge in [0.2, 0.25) is 0 Å². The van der Waals surface area contributed by atoms with E-state index in [9.17, 15) is 13.2 Å². The number of fused-ring (bicyclic) bond motifs is 1. The summed E-state index contributed by atoms with van der Waals surface area (Å²) in [6, 6.07) is 32.1. The smallest absolute Gasteiger partial charge is 0.262 e. The zero-order valence-electron chi connectivity index (χ0n) is 24.4. The number of rotatable bonds is 8. The molecule has 0 fully saturated rings. The number of nitrogens with zero attached hydrogens (tertiary/aromatic N) is 2. The summed E-state index contributed by atoms with van der Waals surface area (Å²) in [5.74, 6) is -0.484. The average molecular weight is 642 g/mol. The number of hydrogen-bond acceptors (Lipinski definition) is 5. The summed E-state index contributed by atoms with van der Waals surface area (Å²) in [4.78, 5) is 17.8. The first kappa shape index (κ1) is 30.2. The number of nitrogens with one attached hydrogen (secondary N) is 1. The Morgan fingerprint density at radius 2 is 1.60 bits per heavy atom. The Labute approximate surface area is 266 Å². The summed E-state index contributed by atoms with van der Waals surface area (Å²) in [5, 5.41) is 0.161. The summed E-state index contributed by atoms with van der Waals surface area (Å²) in [5.41, 5.74) is 3.44. The Morgan fingerprint density at radius 3 is 2.27 bits per heavy atom. The van der Waals surface area contributed by atoms with E-state index < -0.39 is 27.9 Å². The molecule has 1 N–H and O–H groups in total. The molecule has 0 saturated carbocycles. The van der Waals surface area contributed by atoms with Crippen LogP contribution in [0.3, 0.4) is 0 Å². The van der Waals surface area contributed by atoms with Crippen molar-refractivity contribution in [3.8, 4) is 5.75 Å². The molecule has 1 atom stereocenters. The molecule has 0 aliphatic carbocycles. The molecule has 5 aromatic rings. The predicted molar refractivity (Wildman–Crippen MR) is 175 cm³/mol. The normalized spacial score (nSPS) is 14.7. The quantitative estimate of drug-likeness (QED) is 0.186. The van der Waals surface area contributed by atoms with Gasteiger partial charge in [0.25, 0.3) is 15.9 Å². The molecule has 0 saturated heterocycles. The highest BCUT2D eigenvalue weighted by molar-refractivity contribution is 7.92. The van der Waals surface area contributed by atoms with Crippen LogP contribution in [0.5, 0.6) is 5.75 Å². The zero-order chi connectivity index (χ0) is 31.7. The second kappa shape index (κ2) is 12.3. The molecule has 1 aliphatic heterocycles. The van der Waals surface area contributed by atoms with Crippen LogP contribution in [-0.2, 0) is 16.6 Å². The SMILES string of the molecule is COc1ccc(NS(=O)(=O)c2ccc3c(c2)C(=O)N(c2ccc(C)cc2)[C@H](c2c(F)cccc2Cl)N3Cc2ccccc2)cc1. The number of carbonyl (C=O) groups excluding carboxylic acids is 1. The average Bonchev–Trinajstić information content (AvgIpc) is 3.04. The highest BCUT2D eigenvalue weighted by atomic mass is 35.5. The fraction of sp³-hybridized carbons (Fsp3) is 0.114. The number of anilines is 3. The number of amides is 1. The monoisotopic (exact) mass is 641 g/mol. The highest BCUT2D eigenvalue weighted by Crippen LogP contribution is 2.45. The van der Waals surface area contributed by atoms with E-state index in [0.29, 0.717) is 22.8 Å². The first-order chi connectivity index (χ1) is 21.7. The van der Waals surface area contributed by atoms with Crippen LogP contribution in [-0.4, -0.2) is 21.4 Å². The molecule has 0 spiro atoms. The van der Waals surface area contributed by atoms with E-state index in [1.807, 2.05) is 54.3 Å². The van der Waals surface area contributed by atoms with Crippen LogP contribution in [0, 0.1) is 12.7 Å². The van der Waals surface area contributed by atoms with Crippen molar-refractivity contribution in [1.82, 2.24) is 0 Å². The van der Waals surface area contributed by atoms with E-state index in [1.165, 1.54) is 36.3 Å². The van der Waals surface area contributed by atoms with Gasteiger partial charge in [-0.15, -0.1) is 0 Å². The third kappa shape index (κ3) is 5.96. The molecule has 0 unspecified atom stereocenters. The molecule has 0 aromatic heterocycles. The van der Waals surface area contributed by atoms with Crippen molar-refractivity contribution in [2.24, 2.45) is 0 Å². The molecular weight excluding hydrogens is 613 g/mol. The van der Waals surface area contributed by atoms with Crippen molar-refractivity contribution in [3.63, 3.8) is 0 Å². The highest BCUT2D eigenvalue weighted by Gasteiger charge is 2.42. The minimum atomic E-state index is -4.09. The summed E-state index contributed by atoms with van der Waals surface area (Å²) in [6.07, 6.45) is -0.985. The first-order valence-corrected chi connectivity index (χ1v) is 16.0. The standard InChI is InChI=1S/C35H29ClFN3O4S/c1-23-11-15-26(16-12-23)40-34(33-30(36)9-6-10-31(33)37)39(22-24-7-4-3-5-8-24)32-20-19-28(21-29(32)35(40)41)45(42,43)38-25-13-17-27(44-2)18-14-25/h3-21,34,38H,22H2,1-2H3/t34-/m1/s1. The van der Waals surface area contributed by atoms with Crippen LogP contribution in [0.15, 0.2) is 120 Å². The molecule has 228 valence electrons. The number of benzene rings is 5. The van der Waals surface area contributed by atoms with Gasteiger partial charge >= 0.3 is 0 Å². The lowest BCUT2D eigenvalue weighted by Crippen LogP contribution is -2.50. The van der Waals surface area contributed by atoms with Crippen LogP contribution in [0.1, 0.15) is 33.2 Å². The van der Waals surface area contributed by atoms with E-state index in [2.05, 4.69) is 4.72 Å². The Hall–Kier alpha value is -4.86. The van der Waals surface area contributed by atoms with Gasteiger partial charge < -0.3 is 9.64 Å². The molecule has 10 heteroatoms. The lowest BCUT2D eigenvalue weighted by molar-refractivity contribution is 0.0967. The third-order valence-corrected chi connectivity index (χ3v) is 9.39. The Kier molecular flexibility index (Phi) is 8.22. The number of ether oxygens (including phenoxy) is 1. The van der Waals surface area contributed by atoms with Gasteiger partial charge in [-0.05, 0) is 79.2 Å². The minimum Gasteiger partial charge on any atom is -0.497 e. The maximum atomic E-state index is 15.7. The van der Waals surface area contributed by atoms with Crippen LogP contribution in [0.2, 0.25) is 5.02 Å². The van der Waals surface area contributed by atoms with Crippen molar-refractivity contribution in [1.29, 1.82) is 0 Å². The van der Waals surface area contributed by atoms with Crippen LogP contribution in [0.25, 0.3) is 0 Å². The Morgan fingerprint density at radius 1 is 0.889 bits per heavy atom. The minimum absolute atomic E-state index is 0.101. The number of halogens is 2. The van der Waals surface area contributed by atoms with Crippen LogP contribution >= 0.6 is 11.6 Å². The molecule has 45 heavy (non-hydrogen) atoms. The van der Waals surface area contributed by atoms with Crippen LogP contribution < -0.4 is 19.3 Å². The van der Waals surface area contributed by atoms with Crippen molar-refractivity contribution in [2.75, 3.05) is 21.6 Å². The predicted octanol–water partition coefficient (Wildman–Crippen LogP) is 7.96. The molecule has 7 nitrogen and oxygen atoms in total. The fourth-order valence-electron chi connectivity index (χ4n) is 5.45. The first-order valence-electron chi connectivity index (χ1n) is 14.1. The van der Waals surface area contributed by atoms with Crippen molar-refractivity contribution in [3.05, 3.63) is 148 Å². The molecular formula is C35H29ClFN3O4S. The maximum Gasteiger partial charge on any atom is 0.262 e. The maximum absolute atomic E-state index is 15.7. The van der Waals surface area contributed by atoms with Crippen molar-refractivity contribution in [2.45, 2.75) is 24.5 Å². The lowest BCUT2D eigenvalue weighted by Gasteiger charge is -2.46. The van der Waals surface area contributed by atoms with E-state index in [0.717, 1.165) is 11.1 Å². The van der Waals surface area contributed by atoms with Gasteiger partial charge in [-0.2, -0.15) is 0 Å². The summed E-state index contributed by atoms with van der Waals surface area (Å²) < 4.78 is 50.5. The van der Waals surface area contributed by atoms with Gasteiger partial charge in [0.15, 0.2) is 0 Å². The third-order valence-electron chi connectivity index (χ3n) is 7.68. The van der Waals surface area contributed by atoms with E-state index in [-0.39, 0.29) is 27.6 Å². The Balaban J connectivity index is 1.53. The number of sulfonamides is 1. The van der Waals surface area contributed by atoms with Gasteiger partial charge in [-0.25, -0.2) is 12.8 Å². The van der Waals surface area contributed by atoms with Gasteiger partial charge in [0, 0.05) is 23.5 Å². The second-order valence-corrected chi connectivity index (χ2v) is 12.7.